The van der Waals surface area contributed by atoms with Crippen LogP contribution in [0.1, 0.15) is 51.3 Å². The van der Waals surface area contributed by atoms with Crippen LogP contribution < -0.4 is 4.90 Å². The van der Waals surface area contributed by atoms with Gasteiger partial charge in [-0.05, 0) is 134 Å². The summed E-state index contributed by atoms with van der Waals surface area (Å²) in [5, 5.41) is 10.5. The third kappa shape index (κ3) is 5.22. The second-order valence-corrected chi connectivity index (χ2v) is 16.8. The predicted octanol–water partition coefficient (Wildman–Crippen LogP) is 14.4. The molecule has 54 heavy (non-hydrogen) atoms. The Labute approximate surface area is 318 Å². The lowest BCUT2D eigenvalue weighted by Crippen LogP contribution is -2.21. The van der Waals surface area contributed by atoms with Crippen LogP contribution in [-0.4, -0.2) is 4.57 Å². The van der Waals surface area contributed by atoms with Crippen molar-refractivity contribution in [1.29, 1.82) is 0 Å². The summed E-state index contributed by atoms with van der Waals surface area (Å²) in [6.07, 6.45) is 2.28. The molecule has 0 fully saturated rings. The molecule has 0 bridgehead atoms. The van der Waals surface area contributed by atoms with Gasteiger partial charge in [0.2, 0.25) is 0 Å². The Bertz CT molecular complexity index is 2900. The third-order valence-electron chi connectivity index (χ3n) is 12.4. The molecule has 2 nitrogen and oxygen atoms in total. The molecule has 2 unspecified atom stereocenters. The minimum Gasteiger partial charge on any atom is -0.310 e. The minimum absolute atomic E-state index is 0.0681. The van der Waals surface area contributed by atoms with E-state index in [2.05, 4.69) is 196 Å². The lowest BCUT2D eigenvalue weighted by molar-refractivity contribution is 0.364. The second-order valence-electron chi connectivity index (χ2n) is 16.8. The quantitative estimate of drug-likeness (QED) is 0.166. The summed E-state index contributed by atoms with van der Waals surface area (Å²) in [7, 11) is 0. The van der Waals surface area contributed by atoms with Crippen molar-refractivity contribution in [3.8, 4) is 5.69 Å². The number of hydrogen-bond donors (Lipinski definition) is 0. The van der Waals surface area contributed by atoms with Gasteiger partial charge in [0, 0.05) is 33.5 Å². The fourth-order valence-corrected chi connectivity index (χ4v) is 9.23. The Morgan fingerprint density at radius 3 is 1.74 bits per heavy atom. The van der Waals surface area contributed by atoms with E-state index in [0.717, 1.165) is 24.2 Å². The molecule has 8 aromatic carbocycles. The summed E-state index contributed by atoms with van der Waals surface area (Å²) in [6.45, 7) is 11.7. The average Bonchev–Trinajstić information content (AvgIpc) is 3.52. The van der Waals surface area contributed by atoms with Crippen LogP contribution in [0.5, 0.6) is 0 Å². The maximum absolute atomic E-state index is 2.46. The van der Waals surface area contributed by atoms with Crippen LogP contribution in [0.3, 0.4) is 0 Å². The van der Waals surface area contributed by atoms with E-state index in [0.29, 0.717) is 11.8 Å². The van der Waals surface area contributed by atoms with E-state index in [4.69, 9.17) is 0 Å². The summed E-state index contributed by atoms with van der Waals surface area (Å²) in [6, 6.07) is 56.9. The van der Waals surface area contributed by atoms with Crippen molar-refractivity contribution >= 4 is 71.2 Å². The van der Waals surface area contributed by atoms with Gasteiger partial charge in [0.15, 0.2) is 0 Å². The molecular weight excluding hydrogens is 653 g/mol. The molecule has 1 aliphatic carbocycles. The van der Waals surface area contributed by atoms with Gasteiger partial charge < -0.3 is 9.47 Å². The minimum atomic E-state index is 0.0681. The number of hydrogen-bond acceptors (Lipinski definition) is 1. The van der Waals surface area contributed by atoms with Gasteiger partial charge in [-0.2, -0.15) is 0 Å². The van der Waals surface area contributed by atoms with Gasteiger partial charge in [-0.25, -0.2) is 0 Å². The highest BCUT2D eigenvalue weighted by atomic mass is 15.1. The zero-order valence-corrected chi connectivity index (χ0v) is 31.9. The summed E-state index contributed by atoms with van der Waals surface area (Å²) in [4.78, 5) is 2.46. The largest absolute Gasteiger partial charge is 0.310 e. The molecule has 9 aromatic rings. The lowest BCUT2D eigenvalue weighted by Gasteiger charge is -2.31. The Balaban J connectivity index is 1.22. The number of rotatable bonds is 4. The predicted molar refractivity (Wildman–Crippen MR) is 232 cm³/mol. The molecule has 1 heterocycles. The van der Waals surface area contributed by atoms with Crippen LogP contribution in [0.4, 0.5) is 17.1 Å². The molecule has 2 atom stereocenters. The van der Waals surface area contributed by atoms with Crippen molar-refractivity contribution in [2.24, 2.45) is 11.8 Å². The molecule has 1 aromatic heterocycles. The van der Waals surface area contributed by atoms with Gasteiger partial charge in [0.1, 0.15) is 0 Å². The van der Waals surface area contributed by atoms with Crippen LogP contribution in [-0.2, 0) is 18.3 Å². The monoisotopic (exact) mass is 698 g/mol. The topological polar surface area (TPSA) is 8.17 Å². The molecule has 0 spiro atoms. The molecule has 0 saturated carbocycles. The normalized spacial score (nSPS) is 16.1. The first-order valence-corrected chi connectivity index (χ1v) is 19.6. The lowest BCUT2D eigenvalue weighted by atomic mass is 9.74. The van der Waals surface area contributed by atoms with E-state index >= 15 is 0 Å². The van der Waals surface area contributed by atoms with Crippen molar-refractivity contribution in [3.05, 3.63) is 168 Å². The Morgan fingerprint density at radius 2 is 1.02 bits per heavy atom. The Hall–Kier alpha value is -5.86. The van der Waals surface area contributed by atoms with Gasteiger partial charge in [-0.15, -0.1) is 0 Å². The highest BCUT2D eigenvalue weighted by molar-refractivity contribution is 6.13. The van der Waals surface area contributed by atoms with Crippen molar-refractivity contribution in [2.45, 2.75) is 52.9 Å². The van der Waals surface area contributed by atoms with Crippen molar-refractivity contribution < 1.29 is 0 Å². The smallest absolute Gasteiger partial charge is 0.0561 e. The molecule has 0 saturated heterocycles. The molecule has 2 heteroatoms. The van der Waals surface area contributed by atoms with Gasteiger partial charge in [0.25, 0.3) is 0 Å². The summed E-state index contributed by atoms with van der Waals surface area (Å²) in [5.74, 6) is 1.35. The highest BCUT2D eigenvalue weighted by Gasteiger charge is 2.27. The number of fused-ring (bicyclic) bond motifs is 10. The van der Waals surface area contributed by atoms with E-state index in [1.54, 1.807) is 11.1 Å². The number of anilines is 3. The standard InChI is InChI=1S/C52H46N2/c1-33-28-47-42-14-8-9-15-43(42)49-31-40(24-26-44(49)48(47)29-34(33)2)53(38-22-19-37(20-23-38)52(3,4)5)41-25-27-46-45-16-10-11-17-50(45)54(51(46)32-41)39-21-18-35-12-6-7-13-36(35)30-39/h6-27,30-34H,28-29H2,1-5H3. The number of nitrogens with zero attached hydrogens (tertiary/aromatic N) is 2. The Kier molecular flexibility index (Phi) is 7.49. The van der Waals surface area contributed by atoms with Crippen molar-refractivity contribution in [3.63, 3.8) is 0 Å². The summed E-state index contributed by atoms with van der Waals surface area (Å²) >= 11 is 0. The maximum Gasteiger partial charge on any atom is 0.0561 e. The summed E-state index contributed by atoms with van der Waals surface area (Å²) < 4.78 is 2.45. The van der Waals surface area contributed by atoms with E-state index in [9.17, 15) is 0 Å². The molecule has 10 rings (SSSR count). The van der Waals surface area contributed by atoms with Crippen LogP contribution >= 0.6 is 0 Å². The van der Waals surface area contributed by atoms with E-state index in [-0.39, 0.29) is 5.41 Å². The van der Waals surface area contributed by atoms with Gasteiger partial charge in [-0.1, -0.05) is 132 Å². The molecule has 0 N–H and O–H groups in total. The van der Waals surface area contributed by atoms with Crippen LogP contribution in [0.15, 0.2) is 152 Å². The van der Waals surface area contributed by atoms with Gasteiger partial charge in [0.05, 0.1) is 11.0 Å². The first kappa shape index (κ1) is 32.8. The van der Waals surface area contributed by atoms with E-state index < -0.39 is 0 Å². The third-order valence-corrected chi connectivity index (χ3v) is 12.4. The SMILES string of the molecule is CC1Cc2c(c3ccc(N(c4ccc(C(C)(C)C)cc4)c4ccc5c6ccccc6n(-c6ccc7ccccc7c6)c5c4)cc3c3ccccc23)CC1C. The Morgan fingerprint density at radius 1 is 0.463 bits per heavy atom. The highest BCUT2D eigenvalue weighted by Crippen LogP contribution is 2.45. The van der Waals surface area contributed by atoms with Crippen LogP contribution in [0.2, 0.25) is 0 Å². The van der Waals surface area contributed by atoms with Crippen LogP contribution in [0.25, 0.3) is 59.8 Å². The molecule has 1 aliphatic rings. The number of para-hydroxylation sites is 1. The number of benzene rings is 8. The van der Waals surface area contributed by atoms with Crippen molar-refractivity contribution in [1.82, 2.24) is 4.57 Å². The van der Waals surface area contributed by atoms with E-state index in [1.165, 1.54) is 71.1 Å². The maximum atomic E-state index is 2.46. The second kappa shape index (κ2) is 12.4. The fraction of sp³-hybridized carbons (Fsp3) is 0.192. The fourth-order valence-electron chi connectivity index (χ4n) is 9.23. The molecule has 0 amide bonds. The molecular formula is C52H46N2. The number of aromatic nitrogens is 1. The molecule has 264 valence electrons. The van der Waals surface area contributed by atoms with Crippen molar-refractivity contribution in [2.75, 3.05) is 4.90 Å². The molecule has 0 radical (unpaired) electrons. The van der Waals surface area contributed by atoms with Crippen LogP contribution in [0, 0.1) is 11.8 Å². The zero-order chi connectivity index (χ0) is 36.7. The summed E-state index contributed by atoms with van der Waals surface area (Å²) in [5.41, 5.74) is 11.5. The first-order valence-electron chi connectivity index (χ1n) is 19.6. The van der Waals surface area contributed by atoms with Gasteiger partial charge >= 0.3 is 0 Å². The van der Waals surface area contributed by atoms with E-state index in [1.807, 2.05) is 0 Å². The van der Waals surface area contributed by atoms with Gasteiger partial charge in [-0.3, -0.25) is 0 Å². The molecule has 0 aliphatic heterocycles. The average molecular weight is 699 g/mol. The zero-order valence-electron chi connectivity index (χ0n) is 31.9. The first-order chi connectivity index (χ1) is 26.2.